The number of nitro groups is 1. The largest absolute Gasteiger partial charge is 0.341 e. The van der Waals surface area contributed by atoms with E-state index in [2.05, 4.69) is 15.9 Å². The van der Waals surface area contributed by atoms with E-state index in [1.165, 1.54) is 12.1 Å². The fraction of sp³-hybridized carbons (Fsp3) is 0.500. The highest BCUT2D eigenvalue weighted by molar-refractivity contribution is 9.09. The molecule has 2 rings (SSSR count). The second-order valence-electron chi connectivity index (χ2n) is 5.38. The number of hydrogen-bond donors (Lipinski definition) is 0. The summed E-state index contributed by atoms with van der Waals surface area (Å²) in [6.45, 7) is 2.49. The van der Waals surface area contributed by atoms with E-state index in [0.29, 0.717) is 22.9 Å². The zero-order valence-electron chi connectivity index (χ0n) is 11.5. The molecular formula is C14H17BrN2O3. The average molecular weight is 341 g/mol. The molecule has 1 aliphatic rings. The topological polar surface area (TPSA) is 63.5 Å². The van der Waals surface area contributed by atoms with Crippen LogP contribution in [0.15, 0.2) is 18.2 Å². The molecule has 1 aromatic carbocycles. The lowest BCUT2D eigenvalue weighted by Gasteiger charge is -2.34. The molecule has 1 amide bonds. The van der Waals surface area contributed by atoms with Gasteiger partial charge < -0.3 is 4.90 Å². The Labute approximate surface area is 126 Å². The minimum Gasteiger partial charge on any atom is -0.341 e. The number of rotatable bonds is 4. The van der Waals surface area contributed by atoms with Gasteiger partial charge in [-0.3, -0.25) is 14.9 Å². The Morgan fingerprint density at radius 1 is 1.50 bits per heavy atom. The molecule has 0 bridgehead atoms. The molecule has 0 heterocycles. The molecule has 0 N–H and O–H groups in total. The number of aryl methyl sites for hydroxylation is 1. The van der Waals surface area contributed by atoms with E-state index in [1.807, 2.05) is 0 Å². The lowest BCUT2D eigenvalue weighted by Crippen LogP contribution is -2.38. The molecule has 1 aromatic rings. The maximum atomic E-state index is 12.4. The van der Waals surface area contributed by atoms with Gasteiger partial charge in [-0.05, 0) is 31.2 Å². The van der Waals surface area contributed by atoms with Crippen LogP contribution in [-0.4, -0.2) is 34.2 Å². The van der Waals surface area contributed by atoms with Crippen LogP contribution in [0.4, 0.5) is 5.69 Å². The van der Waals surface area contributed by atoms with Crippen molar-refractivity contribution < 1.29 is 9.72 Å². The second kappa shape index (κ2) is 5.91. The van der Waals surface area contributed by atoms with Crippen LogP contribution >= 0.6 is 15.9 Å². The first-order valence-electron chi connectivity index (χ1n) is 6.53. The molecule has 5 nitrogen and oxygen atoms in total. The van der Waals surface area contributed by atoms with E-state index in [4.69, 9.17) is 0 Å². The molecular weight excluding hydrogens is 324 g/mol. The first-order chi connectivity index (χ1) is 9.38. The number of carbonyl (C=O) groups excluding carboxylic acids is 1. The Morgan fingerprint density at radius 3 is 2.70 bits per heavy atom. The zero-order chi connectivity index (χ0) is 14.9. The van der Waals surface area contributed by atoms with Crippen LogP contribution in [0.2, 0.25) is 0 Å². The number of carbonyl (C=O) groups is 1. The minimum atomic E-state index is -0.475. The van der Waals surface area contributed by atoms with Gasteiger partial charge >= 0.3 is 0 Å². The second-order valence-corrected chi connectivity index (χ2v) is 6.67. The molecule has 0 saturated heterocycles. The van der Waals surface area contributed by atoms with Crippen molar-refractivity contribution in [2.24, 2.45) is 5.92 Å². The molecule has 0 atom stereocenters. The zero-order valence-corrected chi connectivity index (χ0v) is 13.1. The smallest absolute Gasteiger partial charge is 0.270 e. The molecule has 0 aromatic heterocycles. The van der Waals surface area contributed by atoms with E-state index >= 15 is 0 Å². The predicted octanol–water partition coefficient (Wildman–Crippen LogP) is 3.15. The maximum absolute atomic E-state index is 12.4. The number of hydrogen-bond acceptors (Lipinski definition) is 3. The van der Waals surface area contributed by atoms with Gasteiger partial charge in [0.2, 0.25) is 0 Å². The van der Waals surface area contributed by atoms with Gasteiger partial charge in [-0.15, -0.1) is 0 Å². The molecule has 1 saturated carbocycles. The number of nitrogens with zero attached hydrogens (tertiary/aromatic N) is 2. The first-order valence-corrected chi connectivity index (χ1v) is 7.44. The summed E-state index contributed by atoms with van der Waals surface area (Å²) in [5, 5.41) is 10.8. The quantitative estimate of drug-likeness (QED) is 0.480. The Balaban J connectivity index is 2.11. The molecule has 1 fully saturated rings. The van der Waals surface area contributed by atoms with Crippen LogP contribution in [0.25, 0.3) is 0 Å². The number of benzene rings is 1. The van der Waals surface area contributed by atoms with Crippen molar-refractivity contribution in [1.29, 1.82) is 0 Å². The van der Waals surface area contributed by atoms with Crippen LogP contribution < -0.4 is 0 Å². The third-order valence-electron chi connectivity index (χ3n) is 3.72. The van der Waals surface area contributed by atoms with Crippen LogP contribution in [0, 0.1) is 23.0 Å². The summed E-state index contributed by atoms with van der Waals surface area (Å²) in [6, 6.07) is 4.41. The van der Waals surface area contributed by atoms with Crippen molar-refractivity contribution in [3.05, 3.63) is 39.4 Å². The fourth-order valence-electron chi connectivity index (χ4n) is 2.43. The number of halogens is 1. The first kappa shape index (κ1) is 15.0. The van der Waals surface area contributed by atoms with Crippen LogP contribution in [0.5, 0.6) is 0 Å². The van der Waals surface area contributed by atoms with Crippen molar-refractivity contribution in [3.63, 3.8) is 0 Å². The Morgan fingerprint density at radius 2 is 2.15 bits per heavy atom. The number of non-ortho nitro benzene ring substituents is 1. The Hall–Kier alpha value is -1.43. The summed E-state index contributed by atoms with van der Waals surface area (Å²) in [5.41, 5.74) is 1.13. The van der Waals surface area contributed by atoms with Gasteiger partial charge in [0.05, 0.1) is 4.92 Å². The summed E-state index contributed by atoms with van der Waals surface area (Å²) < 4.78 is 0. The van der Waals surface area contributed by atoms with Crippen molar-refractivity contribution in [3.8, 4) is 0 Å². The average Bonchev–Trinajstić information content (AvgIpc) is 2.36. The SMILES string of the molecule is Cc1ccc([N+](=O)[O-])cc1C(=O)N(C)CC1CC(Br)C1. The summed E-state index contributed by atoms with van der Waals surface area (Å²) in [5.74, 6) is 0.372. The molecule has 1 aliphatic carbocycles. The fourth-order valence-corrected chi connectivity index (χ4v) is 3.49. The van der Waals surface area contributed by atoms with Gasteiger partial charge in [0.25, 0.3) is 11.6 Å². The molecule has 0 spiro atoms. The Bertz CT molecular complexity index is 541. The van der Waals surface area contributed by atoms with Gasteiger partial charge in [0.1, 0.15) is 0 Å². The van der Waals surface area contributed by atoms with E-state index in [9.17, 15) is 14.9 Å². The molecule has 0 aliphatic heterocycles. The minimum absolute atomic E-state index is 0.0449. The van der Waals surface area contributed by atoms with Crippen LogP contribution in [0.3, 0.4) is 0 Å². The summed E-state index contributed by atoms with van der Waals surface area (Å²) >= 11 is 3.53. The van der Waals surface area contributed by atoms with Crippen LogP contribution in [-0.2, 0) is 0 Å². The molecule has 108 valence electrons. The number of amides is 1. The maximum Gasteiger partial charge on any atom is 0.270 e. The van der Waals surface area contributed by atoms with E-state index in [1.54, 1.807) is 24.9 Å². The molecule has 0 radical (unpaired) electrons. The summed E-state index contributed by atoms with van der Waals surface area (Å²) in [7, 11) is 1.75. The van der Waals surface area contributed by atoms with Gasteiger partial charge in [-0.2, -0.15) is 0 Å². The highest BCUT2D eigenvalue weighted by Crippen LogP contribution is 2.33. The predicted molar refractivity (Wildman–Crippen MR) is 80.2 cm³/mol. The van der Waals surface area contributed by atoms with Gasteiger partial charge in [-0.25, -0.2) is 0 Å². The van der Waals surface area contributed by atoms with E-state index in [-0.39, 0.29) is 11.6 Å². The Kier molecular flexibility index (Phi) is 4.42. The monoisotopic (exact) mass is 340 g/mol. The van der Waals surface area contributed by atoms with Gasteiger partial charge in [0, 0.05) is 36.1 Å². The highest BCUT2D eigenvalue weighted by Gasteiger charge is 2.29. The van der Waals surface area contributed by atoms with Gasteiger partial charge in [0.15, 0.2) is 0 Å². The van der Waals surface area contributed by atoms with E-state index < -0.39 is 4.92 Å². The van der Waals surface area contributed by atoms with Crippen molar-refractivity contribution in [1.82, 2.24) is 4.90 Å². The standard InChI is InChI=1S/C14H17BrN2O3/c1-9-3-4-12(17(19)20)7-13(9)14(18)16(2)8-10-5-11(15)6-10/h3-4,7,10-11H,5-6,8H2,1-2H3. The normalized spacial score (nSPS) is 21.1. The number of nitro benzene ring substituents is 1. The van der Waals surface area contributed by atoms with Crippen molar-refractivity contribution in [2.45, 2.75) is 24.6 Å². The third-order valence-corrected chi connectivity index (χ3v) is 4.47. The highest BCUT2D eigenvalue weighted by atomic mass is 79.9. The van der Waals surface area contributed by atoms with Gasteiger partial charge in [-0.1, -0.05) is 22.0 Å². The third kappa shape index (κ3) is 3.17. The molecule has 0 unspecified atom stereocenters. The van der Waals surface area contributed by atoms with Crippen molar-refractivity contribution >= 4 is 27.5 Å². The summed E-state index contributed by atoms with van der Waals surface area (Å²) in [4.78, 5) is 24.9. The van der Waals surface area contributed by atoms with Crippen LogP contribution in [0.1, 0.15) is 28.8 Å². The molecule has 6 heteroatoms. The van der Waals surface area contributed by atoms with E-state index in [0.717, 1.165) is 18.4 Å². The number of alkyl halides is 1. The lowest BCUT2D eigenvalue weighted by atomic mass is 9.85. The van der Waals surface area contributed by atoms with Crippen molar-refractivity contribution in [2.75, 3.05) is 13.6 Å². The lowest BCUT2D eigenvalue weighted by molar-refractivity contribution is -0.384. The summed E-state index contributed by atoms with van der Waals surface area (Å²) in [6.07, 6.45) is 2.15. The molecule has 20 heavy (non-hydrogen) atoms.